The van der Waals surface area contributed by atoms with Crippen LogP contribution in [0.5, 0.6) is 5.75 Å². The van der Waals surface area contributed by atoms with Crippen molar-refractivity contribution in [3.63, 3.8) is 0 Å². The molecular weight excluding hydrogens is 309 g/mol. The SMILES string of the molecule is COc1cccc(Cl)c1Cn1c(N)nc2cccc(Cl)c21. The number of hydrogen-bond acceptors (Lipinski definition) is 3. The number of ether oxygens (including phenoxy) is 1. The third-order valence-electron chi connectivity index (χ3n) is 3.36. The zero-order chi connectivity index (χ0) is 15.0. The molecule has 3 rings (SSSR count). The Morgan fingerprint density at radius 2 is 1.86 bits per heavy atom. The van der Waals surface area contributed by atoms with Crippen LogP contribution in [0.25, 0.3) is 11.0 Å². The van der Waals surface area contributed by atoms with Crippen molar-refractivity contribution in [3.05, 3.63) is 52.0 Å². The van der Waals surface area contributed by atoms with E-state index in [2.05, 4.69) is 4.98 Å². The molecule has 3 aromatic rings. The van der Waals surface area contributed by atoms with E-state index in [0.29, 0.717) is 28.3 Å². The van der Waals surface area contributed by atoms with Gasteiger partial charge in [0.15, 0.2) is 0 Å². The standard InChI is InChI=1S/C15H13Cl2N3O/c1-21-13-7-3-4-10(16)9(13)8-20-14-11(17)5-2-6-12(14)19-15(20)18/h2-7H,8H2,1H3,(H2,18,19). The molecule has 2 aromatic carbocycles. The van der Waals surface area contributed by atoms with Crippen molar-refractivity contribution < 1.29 is 4.74 Å². The Kier molecular flexibility index (Phi) is 3.66. The molecule has 0 aliphatic heterocycles. The summed E-state index contributed by atoms with van der Waals surface area (Å²) in [5.41, 5.74) is 8.41. The molecule has 0 saturated heterocycles. The number of methoxy groups -OCH3 is 1. The number of benzene rings is 2. The van der Waals surface area contributed by atoms with Crippen LogP contribution in [0, 0.1) is 0 Å². The molecule has 0 saturated carbocycles. The first-order chi connectivity index (χ1) is 10.1. The minimum Gasteiger partial charge on any atom is -0.496 e. The number of halogens is 2. The number of nitrogens with two attached hydrogens (primary N) is 1. The van der Waals surface area contributed by atoms with Gasteiger partial charge in [0.2, 0.25) is 5.95 Å². The largest absolute Gasteiger partial charge is 0.496 e. The van der Waals surface area contributed by atoms with Crippen molar-refractivity contribution in [2.24, 2.45) is 0 Å². The van der Waals surface area contributed by atoms with Crippen LogP contribution >= 0.6 is 23.2 Å². The molecule has 0 radical (unpaired) electrons. The number of nitrogens with zero attached hydrogens (tertiary/aromatic N) is 2. The number of nitrogen functional groups attached to an aromatic ring is 1. The van der Waals surface area contributed by atoms with Gasteiger partial charge in [-0.1, -0.05) is 35.3 Å². The zero-order valence-corrected chi connectivity index (χ0v) is 12.8. The van der Waals surface area contributed by atoms with Crippen LogP contribution in [0.2, 0.25) is 10.0 Å². The van der Waals surface area contributed by atoms with Crippen molar-refractivity contribution in [2.75, 3.05) is 12.8 Å². The normalized spacial score (nSPS) is 11.0. The number of rotatable bonds is 3. The van der Waals surface area contributed by atoms with Crippen LogP contribution in [-0.2, 0) is 6.54 Å². The van der Waals surface area contributed by atoms with Gasteiger partial charge < -0.3 is 15.0 Å². The number of aromatic nitrogens is 2. The van der Waals surface area contributed by atoms with Gasteiger partial charge in [-0.2, -0.15) is 0 Å². The second-order valence-electron chi connectivity index (χ2n) is 4.58. The highest BCUT2D eigenvalue weighted by atomic mass is 35.5. The van der Waals surface area contributed by atoms with Gasteiger partial charge in [0.25, 0.3) is 0 Å². The van der Waals surface area contributed by atoms with E-state index < -0.39 is 0 Å². The average Bonchev–Trinajstić information content (AvgIpc) is 2.78. The van der Waals surface area contributed by atoms with E-state index in [1.807, 2.05) is 41.0 Å². The van der Waals surface area contributed by atoms with E-state index in [4.69, 9.17) is 33.7 Å². The van der Waals surface area contributed by atoms with Crippen molar-refractivity contribution in [3.8, 4) is 5.75 Å². The fourth-order valence-corrected chi connectivity index (χ4v) is 2.86. The molecule has 21 heavy (non-hydrogen) atoms. The van der Waals surface area contributed by atoms with Gasteiger partial charge in [-0.15, -0.1) is 0 Å². The smallest absolute Gasteiger partial charge is 0.201 e. The molecule has 2 N–H and O–H groups in total. The highest BCUT2D eigenvalue weighted by Gasteiger charge is 2.15. The van der Waals surface area contributed by atoms with E-state index in [0.717, 1.165) is 16.6 Å². The van der Waals surface area contributed by atoms with Crippen LogP contribution in [0.1, 0.15) is 5.56 Å². The van der Waals surface area contributed by atoms with Crippen molar-refractivity contribution in [2.45, 2.75) is 6.54 Å². The summed E-state index contributed by atoms with van der Waals surface area (Å²) >= 11 is 12.6. The molecule has 108 valence electrons. The van der Waals surface area contributed by atoms with Crippen molar-refractivity contribution in [1.29, 1.82) is 0 Å². The maximum absolute atomic E-state index is 6.28. The first kappa shape index (κ1) is 14.0. The Morgan fingerprint density at radius 1 is 1.14 bits per heavy atom. The monoisotopic (exact) mass is 321 g/mol. The Bertz CT molecular complexity index is 814. The van der Waals surface area contributed by atoms with E-state index in [1.54, 1.807) is 7.11 Å². The molecule has 0 spiro atoms. The molecule has 1 heterocycles. The summed E-state index contributed by atoms with van der Waals surface area (Å²) in [5.74, 6) is 1.09. The number of hydrogen-bond donors (Lipinski definition) is 1. The Morgan fingerprint density at radius 3 is 2.62 bits per heavy atom. The first-order valence-corrected chi connectivity index (χ1v) is 7.09. The molecule has 6 heteroatoms. The molecule has 0 fully saturated rings. The van der Waals surface area contributed by atoms with E-state index in [1.165, 1.54) is 0 Å². The summed E-state index contributed by atoms with van der Waals surface area (Å²) in [6.45, 7) is 0.439. The predicted octanol–water partition coefficient (Wildman–Crippen LogP) is 3.98. The third-order valence-corrected chi connectivity index (χ3v) is 4.02. The maximum Gasteiger partial charge on any atom is 0.201 e. The summed E-state index contributed by atoms with van der Waals surface area (Å²) in [5, 5.41) is 1.21. The van der Waals surface area contributed by atoms with E-state index in [-0.39, 0.29) is 0 Å². The highest BCUT2D eigenvalue weighted by molar-refractivity contribution is 6.35. The van der Waals surface area contributed by atoms with E-state index in [9.17, 15) is 0 Å². The second-order valence-corrected chi connectivity index (χ2v) is 5.40. The van der Waals surface area contributed by atoms with Crippen LogP contribution in [0.3, 0.4) is 0 Å². The summed E-state index contributed by atoms with van der Waals surface area (Å²) in [7, 11) is 1.61. The molecule has 0 aliphatic rings. The highest BCUT2D eigenvalue weighted by Crippen LogP contribution is 2.31. The molecule has 4 nitrogen and oxygen atoms in total. The fraction of sp³-hybridized carbons (Fsp3) is 0.133. The fourth-order valence-electron chi connectivity index (χ4n) is 2.36. The number of fused-ring (bicyclic) bond motifs is 1. The van der Waals surface area contributed by atoms with Crippen LogP contribution in [0.4, 0.5) is 5.95 Å². The van der Waals surface area contributed by atoms with Crippen LogP contribution in [0.15, 0.2) is 36.4 Å². The van der Waals surface area contributed by atoms with Crippen LogP contribution in [-0.4, -0.2) is 16.7 Å². The number of imidazole rings is 1. The quantitative estimate of drug-likeness (QED) is 0.793. The van der Waals surface area contributed by atoms with Gasteiger partial charge in [-0.3, -0.25) is 0 Å². The van der Waals surface area contributed by atoms with Crippen LogP contribution < -0.4 is 10.5 Å². The average molecular weight is 322 g/mol. The Hall–Kier alpha value is -1.91. The molecule has 0 atom stereocenters. The minimum absolute atomic E-state index is 0.389. The van der Waals surface area contributed by atoms with Gasteiger partial charge in [-0.25, -0.2) is 4.98 Å². The lowest BCUT2D eigenvalue weighted by atomic mass is 10.2. The number of anilines is 1. The number of para-hydroxylation sites is 1. The first-order valence-electron chi connectivity index (χ1n) is 6.33. The lowest BCUT2D eigenvalue weighted by Crippen LogP contribution is -2.06. The summed E-state index contributed by atoms with van der Waals surface area (Å²) in [6.07, 6.45) is 0. The second kappa shape index (κ2) is 5.47. The van der Waals surface area contributed by atoms with Gasteiger partial charge in [0, 0.05) is 10.6 Å². The third kappa shape index (κ3) is 2.41. The molecular formula is C15H13Cl2N3O. The zero-order valence-electron chi connectivity index (χ0n) is 11.3. The molecule has 0 amide bonds. The maximum atomic E-state index is 6.28. The molecule has 0 aliphatic carbocycles. The minimum atomic E-state index is 0.389. The lowest BCUT2D eigenvalue weighted by Gasteiger charge is -2.13. The van der Waals surface area contributed by atoms with Gasteiger partial charge in [0.1, 0.15) is 5.75 Å². The topological polar surface area (TPSA) is 53.1 Å². The molecule has 0 unspecified atom stereocenters. The summed E-state index contributed by atoms with van der Waals surface area (Å²) in [6, 6.07) is 11.0. The van der Waals surface area contributed by atoms with Gasteiger partial charge in [0.05, 0.1) is 29.7 Å². The van der Waals surface area contributed by atoms with Gasteiger partial charge >= 0.3 is 0 Å². The summed E-state index contributed by atoms with van der Waals surface area (Å²) < 4.78 is 7.20. The molecule has 0 bridgehead atoms. The Labute approximate surface area is 132 Å². The molecule has 1 aromatic heterocycles. The van der Waals surface area contributed by atoms with Gasteiger partial charge in [-0.05, 0) is 24.3 Å². The van der Waals surface area contributed by atoms with Crippen molar-refractivity contribution >= 4 is 40.2 Å². The Balaban J connectivity index is 2.17. The summed E-state index contributed by atoms with van der Waals surface area (Å²) in [4.78, 5) is 4.33. The van der Waals surface area contributed by atoms with Crippen molar-refractivity contribution in [1.82, 2.24) is 9.55 Å². The van der Waals surface area contributed by atoms with E-state index >= 15 is 0 Å². The predicted molar refractivity (Wildman–Crippen MR) is 86.3 cm³/mol. The lowest BCUT2D eigenvalue weighted by molar-refractivity contribution is 0.409.